The molecule has 0 spiro atoms. The number of rotatable bonds is 4. The smallest absolute Gasteiger partial charge is 0.274 e. The average molecular weight is 364 g/mol. The molecule has 1 aromatic heterocycles. The monoisotopic (exact) mass is 363 g/mol. The van der Waals surface area contributed by atoms with Gasteiger partial charge in [-0.15, -0.1) is 10.2 Å². The summed E-state index contributed by atoms with van der Waals surface area (Å²) in [5.74, 6) is -0.142. The molecule has 132 valence electrons. The average Bonchev–Trinajstić information content (AvgIpc) is 2.65. The van der Waals surface area contributed by atoms with Crippen LogP contribution in [0, 0.1) is 5.82 Å². The quantitative estimate of drug-likeness (QED) is 0.905. The fourth-order valence-corrected chi connectivity index (χ4v) is 2.84. The largest absolute Gasteiger partial charge is 0.339 e. The Kier molecular flexibility index (Phi) is 5.45. The fourth-order valence-electron chi connectivity index (χ4n) is 2.66. The molecule has 3 rings (SSSR count). The lowest BCUT2D eigenvalue weighted by Crippen LogP contribution is -2.48. The van der Waals surface area contributed by atoms with Gasteiger partial charge < -0.3 is 15.1 Å². The molecule has 1 N–H and O–H groups in total. The van der Waals surface area contributed by atoms with Crippen LogP contribution in [0.1, 0.15) is 17.4 Å². The topological polar surface area (TPSA) is 61.4 Å². The highest BCUT2D eigenvalue weighted by molar-refractivity contribution is 6.31. The van der Waals surface area contributed by atoms with Gasteiger partial charge in [-0.3, -0.25) is 4.79 Å². The first kappa shape index (κ1) is 17.6. The number of carbonyl (C=O) groups excluding carboxylic acids is 1. The van der Waals surface area contributed by atoms with E-state index in [4.69, 9.17) is 11.6 Å². The maximum Gasteiger partial charge on any atom is 0.274 e. The Bertz CT molecular complexity index is 747. The van der Waals surface area contributed by atoms with Gasteiger partial charge >= 0.3 is 0 Å². The van der Waals surface area contributed by atoms with Crippen molar-refractivity contribution in [2.75, 3.05) is 38.0 Å². The van der Waals surface area contributed by atoms with E-state index in [1.165, 1.54) is 12.1 Å². The van der Waals surface area contributed by atoms with Crippen molar-refractivity contribution >= 4 is 29.0 Å². The van der Waals surface area contributed by atoms with Crippen molar-refractivity contribution in [3.8, 4) is 0 Å². The van der Waals surface area contributed by atoms with Crippen LogP contribution in [0.5, 0.6) is 0 Å². The number of nitrogens with one attached hydrogen (secondary N) is 1. The number of aromatic nitrogens is 2. The number of benzene rings is 1. The zero-order chi connectivity index (χ0) is 17.8. The lowest BCUT2D eigenvalue weighted by atomic mass is 10.2. The molecule has 1 aliphatic rings. The summed E-state index contributed by atoms with van der Waals surface area (Å²) in [4.78, 5) is 16.6. The molecular formula is C17H19ClFN5O. The molecule has 0 saturated carbocycles. The zero-order valence-electron chi connectivity index (χ0n) is 13.9. The number of amides is 1. The number of likely N-dealkylation sites (N-methyl/N-ethyl adjacent to an activating group) is 1. The third kappa shape index (κ3) is 4.24. The molecule has 1 fully saturated rings. The lowest BCUT2D eigenvalue weighted by molar-refractivity contribution is 0.0636. The van der Waals surface area contributed by atoms with Gasteiger partial charge in [-0.1, -0.05) is 18.5 Å². The van der Waals surface area contributed by atoms with Crippen LogP contribution >= 0.6 is 11.6 Å². The molecule has 0 bridgehead atoms. The van der Waals surface area contributed by atoms with E-state index in [1.54, 1.807) is 23.1 Å². The third-order valence-electron chi connectivity index (χ3n) is 4.18. The predicted octanol–water partition coefficient (Wildman–Crippen LogP) is 2.79. The van der Waals surface area contributed by atoms with Crippen LogP contribution in [0.4, 0.5) is 15.9 Å². The molecule has 1 aromatic carbocycles. The van der Waals surface area contributed by atoms with Crippen LogP contribution < -0.4 is 5.32 Å². The first-order chi connectivity index (χ1) is 12.1. The van der Waals surface area contributed by atoms with Crippen molar-refractivity contribution in [3.63, 3.8) is 0 Å². The summed E-state index contributed by atoms with van der Waals surface area (Å²) < 4.78 is 13.2. The van der Waals surface area contributed by atoms with Crippen LogP contribution in [-0.2, 0) is 0 Å². The van der Waals surface area contributed by atoms with E-state index >= 15 is 0 Å². The molecule has 1 amide bonds. The third-order valence-corrected chi connectivity index (χ3v) is 4.47. The molecule has 6 nitrogen and oxygen atoms in total. The lowest BCUT2D eigenvalue weighted by Gasteiger charge is -2.33. The standard InChI is InChI=1S/C17H19ClFN5O/c1-2-23-7-9-24(10-8-23)17(25)15-5-6-16(22-21-15)20-12-3-4-14(19)13(18)11-12/h3-6,11H,2,7-10H2,1H3,(H,20,22). The summed E-state index contributed by atoms with van der Waals surface area (Å²) in [5.41, 5.74) is 0.906. The summed E-state index contributed by atoms with van der Waals surface area (Å²) in [6.07, 6.45) is 0. The van der Waals surface area contributed by atoms with Crippen molar-refractivity contribution in [1.29, 1.82) is 0 Å². The first-order valence-electron chi connectivity index (χ1n) is 8.14. The molecule has 2 aromatic rings. The van der Waals surface area contributed by atoms with E-state index in [-0.39, 0.29) is 10.9 Å². The van der Waals surface area contributed by atoms with E-state index in [2.05, 4.69) is 27.3 Å². The summed E-state index contributed by atoms with van der Waals surface area (Å²) in [5, 5.41) is 11.0. The molecule has 0 aliphatic carbocycles. The molecule has 0 radical (unpaired) electrons. The molecule has 0 atom stereocenters. The van der Waals surface area contributed by atoms with E-state index in [1.807, 2.05) is 0 Å². The van der Waals surface area contributed by atoms with Crippen LogP contribution in [0.2, 0.25) is 5.02 Å². The summed E-state index contributed by atoms with van der Waals surface area (Å²) in [7, 11) is 0. The van der Waals surface area contributed by atoms with Crippen LogP contribution in [0.3, 0.4) is 0 Å². The molecule has 25 heavy (non-hydrogen) atoms. The minimum absolute atomic E-state index is 0.0241. The second-order valence-corrected chi connectivity index (χ2v) is 6.19. The number of piperazine rings is 1. The molecule has 2 heterocycles. The van der Waals surface area contributed by atoms with Gasteiger partial charge in [-0.05, 0) is 36.9 Å². The molecule has 8 heteroatoms. The fraction of sp³-hybridized carbons (Fsp3) is 0.353. The van der Waals surface area contributed by atoms with E-state index in [0.29, 0.717) is 30.3 Å². The van der Waals surface area contributed by atoms with Crippen LogP contribution in [0.25, 0.3) is 0 Å². The summed E-state index contributed by atoms with van der Waals surface area (Å²) in [6, 6.07) is 7.58. The minimum atomic E-state index is -0.484. The van der Waals surface area contributed by atoms with Gasteiger partial charge in [-0.25, -0.2) is 4.39 Å². The van der Waals surface area contributed by atoms with Crippen molar-refractivity contribution in [3.05, 3.63) is 46.9 Å². The number of anilines is 2. The van der Waals surface area contributed by atoms with Gasteiger partial charge in [0.15, 0.2) is 11.5 Å². The minimum Gasteiger partial charge on any atom is -0.339 e. The van der Waals surface area contributed by atoms with Crippen LogP contribution in [0.15, 0.2) is 30.3 Å². The Morgan fingerprint density at radius 3 is 2.56 bits per heavy atom. The van der Waals surface area contributed by atoms with Gasteiger partial charge in [0.25, 0.3) is 5.91 Å². The maximum atomic E-state index is 13.2. The number of carbonyl (C=O) groups is 1. The predicted molar refractivity (Wildman–Crippen MR) is 94.7 cm³/mol. The second kappa shape index (κ2) is 7.76. The summed E-state index contributed by atoms with van der Waals surface area (Å²) >= 11 is 5.75. The highest BCUT2D eigenvalue weighted by Crippen LogP contribution is 2.21. The van der Waals surface area contributed by atoms with Gasteiger partial charge in [0.1, 0.15) is 5.82 Å². The Balaban J connectivity index is 1.63. The van der Waals surface area contributed by atoms with E-state index in [0.717, 1.165) is 19.6 Å². The van der Waals surface area contributed by atoms with E-state index < -0.39 is 5.82 Å². The molecule has 0 unspecified atom stereocenters. The first-order valence-corrected chi connectivity index (χ1v) is 8.52. The number of hydrogen-bond donors (Lipinski definition) is 1. The van der Waals surface area contributed by atoms with Gasteiger partial charge in [0.05, 0.1) is 5.02 Å². The SMILES string of the molecule is CCN1CCN(C(=O)c2ccc(Nc3ccc(F)c(Cl)c3)nn2)CC1. The molecule has 1 aliphatic heterocycles. The Morgan fingerprint density at radius 1 is 1.20 bits per heavy atom. The zero-order valence-corrected chi connectivity index (χ0v) is 14.6. The van der Waals surface area contributed by atoms with Gasteiger partial charge in [0, 0.05) is 31.9 Å². The van der Waals surface area contributed by atoms with Gasteiger partial charge in [-0.2, -0.15) is 0 Å². The van der Waals surface area contributed by atoms with Crippen LogP contribution in [-0.4, -0.2) is 58.6 Å². The number of halogens is 2. The van der Waals surface area contributed by atoms with Gasteiger partial charge in [0.2, 0.25) is 0 Å². The highest BCUT2D eigenvalue weighted by atomic mass is 35.5. The van der Waals surface area contributed by atoms with E-state index in [9.17, 15) is 9.18 Å². The molecular weight excluding hydrogens is 345 g/mol. The molecule has 1 saturated heterocycles. The second-order valence-electron chi connectivity index (χ2n) is 5.78. The van der Waals surface area contributed by atoms with Crippen molar-refractivity contribution in [2.45, 2.75) is 6.92 Å². The normalized spacial score (nSPS) is 15.2. The summed E-state index contributed by atoms with van der Waals surface area (Å²) in [6.45, 7) is 6.25. The Morgan fingerprint density at radius 2 is 1.96 bits per heavy atom. The Labute approximate surface area is 150 Å². The highest BCUT2D eigenvalue weighted by Gasteiger charge is 2.22. The van der Waals surface area contributed by atoms with Crippen molar-refractivity contribution in [2.24, 2.45) is 0 Å². The number of hydrogen-bond acceptors (Lipinski definition) is 5. The van der Waals surface area contributed by atoms with Crippen molar-refractivity contribution < 1.29 is 9.18 Å². The van der Waals surface area contributed by atoms with Crippen molar-refractivity contribution in [1.82, 2.24) is 20.0 Å². The Hall–Kier alpha value is -2.25. The number of nitrogens with zero attached hydrogens (tertiary/aromatic N) is 4. The maximum absolute atomic E-state index is 13.2.